The van der Waals surface area contributed by atoms with Crippen LogP contribution in [0.25, 0.3) is 0 Å². The summed E-state index contributed by atoms with van der Waals surface area (Å²) in [5.74, 6) is 0. The molecule has 5 nitrogen and oxygen atoms in total. The van der Waals surface area contributed by atoms with Gasteiger partial charge in [0.2, 0.25) is 0 Å². The lowest BCUT2D eigenvalue weighted by molar-refractivity contribution is -0.0415. The van der Waals surface area contributed by atoms with Gasteiger partial charge in [0.25, 0.3) is 0 Å². The van der Waals surface area contributed by atoms with E-state index in [1.54, 1.807) is 7.11 Å². The van der Waals surface area contributed by atoms with Gasteiger partial charge < -0.3 is 19.7 Å². The summed E-state index contributed by atoms with van der Waals surface area (Å²) < 4.78 is 10.3. The van der Waals surface area contributed by atoms with Gasteiger partial charge in [-0.05, 0) is 20.9 Å². The number of aliphatic hydroxyl groups is 2. The van der Waals surface area contributed by atoms with Crippen molar-refractivity contribution in [2.24, 2.45) is 0 Å². The lowest BCUT2D eigenvalue weighted by Crippen LogP contribution is -2.40. The predicted octanol–water partition coefficient (Wildman–Crippen LogP) is -0.289. The molecule has 0 fully saturated rings. The van der Waals surface area contributed by atoms with E-state index in [1.165, 1.54) is 0 Å². The van der Waals surface area contributed by atoms with Gasteiger partial charge in [0, 0.05) is 19.7 Å². The van der Waals surface area contributed by atoms with Crippen molar-refractivity contribution in [1.29, 1.82) is 0 Å². The average Bonchev–Trinajstić information content (AvgIpc) is 2.25. The first kappa shape index (κ1) is 15.8. The molecular formula is C11H25NO4. The number of rotatable bonds is 9. The van der Waals surface area contributed by atoms with E-state index in [2.05, 4.69) is 0 Å². The molecule has 0 spiro atoms. The average molecular weight is 235 g/mol. The molecule has 0 saturated heterocycles. The molecule has 0 bridgehead atoms. The minimum Gasteiger partial charge on any atom is -0.395 e. The van der Waals surface area contributed by atoms with Crippen molar-refractivity contribution >= 4 is 0 Å². The van der Waals surface area contributed by atoms with Crippen LogP contribution in [0.15, 0.2) is 0 Å². The molecular weight excluding hydrogens is 210 g/mol. The van der Waals surface area contributed by atoms with Gasteiger partial charge in [0.05, 0.1) is 32.0 Å². The first-order valence-electron chi connectivity index (χ1n) is 5.61. The molecule has 98 valence electrons. The Morgan fingerprint density at radius 3 is 2.38 bits per heavy atom. The summed E-state index contributed by atoms with van der Waals surface area (Å²) in [6, 6.07) is 0.0473. The number of hydrogen-bond acceptors (Lipinski definition) is 5. The standard InChI is InChI=1S/C11H25NO4/c1-9(6-13)12(3)5-11(14)8-16-10(2)7-15-4/h9-11,13-14H,5-8H2,1-4H3. The molecule has 0 aromatic heterocycles. The molecule has 0 saturated carbocycles. The minimum atomic E-state index is -0.543. The summed E-state index contributed by atoms with van der Waals surface area (Å²) in [4.78, 5) is 1.90. The summed E-state index contributed by atoms with van der Waals surface area (Å²) in [7, 11) is 3.48. The molecule has 5 heteroatoms. The quantitative estimate of drug-likeness (QED) is 0.575. The van der Waals surface area contributed by atoms with Crippen LogP contribution >= 0.6 is 0 Å². The minimum absolute atomic E-state index is 0.0137. The highest BCUT2D eigenvalue weighted by atomic mass is 16.5. The van der Waals surface area contributed by atoms with Gasteiger partial charge in [-0.3, -0.25) is 4.90 Å². The SMILES string of the molecule is COCC(C)OCC(O)CN(C)C(C)CO. The fourth-order valence-corrected chi connectivity index (χ4v) is 1.26. The zero-order valence-corrected chi connectivity index (χ0v) is 10.7. The second-order valence-electron chi connectivity index (χ2n) is 4.22. The van der Waals surface area contributed by atoms with Gasteiger partial charge in [-0.1, -0.05) is 0 Å². The molecule has 0 radical (unpaired) electrons. The third-order valence-corrected chi connectivity index (χ3v) is 2.49. The van der Waals surface area contributed by atoms with E-state index in [-0.39, 0.29) is 25.4 Å². The van der Waals surface area contributed by atoms with Crippen molar-refractivity contribution in [3.63, 3.8) is 0 Å². The van der Waals surface area contributed by atoms with Crippen molar-refractivity contribution in [2.45, 2.75) is 32.1 Å². The molecule has 0 aliphatic heterocycles. The van der Waals surface area contributed by atoms with Crippen molar-refractivity contribution < 1.29 is 19.7 Å². The molecule has 0 heterocycles. The smallest absolute Gasteiger partial charge is 0.0900 e. The third kappa shape index (κ3) is 7.14. The molecule has 0 aliphatic rings. The van der Waals surface area contributed by atoms with Crippen molar-refractivity contribution in [2.75, 3.05) is 40.5 Å². The Balaban J connectivity index is 3.68. The number of nitrogens with zero attached hydrogens (tertiary/aromatic N) is 1. The van der Waals surface area contributed by atoms with Crippen LogP contribution in [0.2, 0.25) is 0 Å². The second kappa shape index (κ2) is 8.90. The first-order chi connectivity index (χ1) is 7.51. The van der Waals surface area contributed by atoms with Crippen molar-refractivity contribution in [3.8, 4) is 0 Å². The molecule has 2 N–H and O–H groups in total. The molecule has 0 aromatic carbocycles. The molecule has 0 aliphatic carbocycles. The highest BCUT2D eigenvalue weighted by molar-refractivity contribution is 4.66. The van der Waals surface area contributed by atoms with Crippen LogP contribution in [0.5, 0.6) is 0 Å². The van der Waals surface area contributed by atoms with E-state index in [9.17, 15) is 5.11 Å². The summed E-state index contributed by atoms with van der Waals surface area (Å²) in [6.07, 6.45) is -0.557. The maximum absolute atomic E-state index is 9.69. The third-order valence-electron chi connectivity index (χ3n) is 2.49. The molecule has 3 atom stereocenters. The number of methoxy groups -OCH3 is 1. The second-order valence-corrected chi connectivity index (χ2v) is 4.22. The number of likely N-dealkylation sites (N-methyl/N-ethyl adjacent to an activating group) is 1. The van der Waals surface area contributed by atoms with Crippen molar-refractivity contribution in [1.82, 2.24) is 4.90 Å². The Kier molecular flexibility index (Phi) is 8.78. The number of ether oxygens (including phenoxy) is 2. The Morgan fingerprint density at radius 1 is 1.25 bits per heavy atom. The van der Waals surface area contributed by atoms with E-state index in [1.807, 2.05) is 25.8 Å². The largest absolute Gasteiger partial charge is 0.395 e. The molecule has 3 unspecified atom stereocenters. The Labute approximate surface area is 98.0 Å². The molecule has 0 amide bonds. The van der Waals surface area contributed by atoms with Crippen LogP contribution in [0.3, 0.4) is 0 Å². The van der Waals surface area contributed by atoms with Gasteiger partial charge >= 0.3 is 0 Å². The fraction of sp³-hybridized carbons (Fsp3) is 1.00. The van der Waals surface area contributed by atoms with Crippen LogP contribution in [0.1, 0.15) is 13.8 Å². The maximum Gasteiger partial charge on any atom is 0.0900 e. The first-order valence-corrected chi connectivity index (χ1v) is 5.61. The van der Waals surface area contributed by atoms with Gasteiger partial charge in [-0.2, -0.15) is 0 Å². The lowest BCUT2D eigenvalue weighted by Gasteiger charge is -2.26. The van der Waals surface area contributed by atoms with Crippen LogP contribution in [0, 0.1) is 0 Å². The summed E-state index contributed by atoms with van der Waals surface area (Å²) in [5, 5.41) is 18.6. The molecule has 0 aromatic rings. The van der Waals surface area contributed by atoms with Gasteiger partial charge in [-0.25, -0.2) is 0 Å². The van der Waals surface area contributed by atoms with E-state index in [4.69, 9.17) is 14.6 Å². The zero-order chi connectivity index (χ0) is 12.6. The van der Waals surface area contributed by atoms with Crippen LogP contribution in [-0.2, 0) is 9.47 Å². The fourth-order valence-electron chi connectivity index (χ4n) is 1.26. The summed E-state index contributed by atoms with van der Waals surface area (Å²) in [6.45, 7) is 5.19. The summed E-state index contributed by atoms with van der Waals surface area (Å²) >= 11 is 0. The lowest BCUT2D eigenvalue weighted by atomic mass is 10.2. The Hall–Kier alpha value is -0.200. The topological polar surface area (TPSA) is 62.2 Å². The van der Waals surface area contributed by atoms with Crippen LogP contribution < -0.4 is 0 Å². The van der Waals surface area contributed by atoms with Gasteiger partial charge in [0.15, 0.2) is 0 Å². The van der Waals surface area contributed by atoms with E-state index in [0.717, 1.165) is 0 Å². The van der Waals surface area contributed by atoms with E-state index >= 15 is 0 Å². The highest BCUT2D eigenvalue weighted by Gasteiger charge is 2.14. The monoisotopic (exact) mass is 235 g/mol. The number of hydrogen-bond donors (Lipinski definition) is 2. The Bertz CT molecular complexity index is 168. The Morgan fingerprint density at radius 2 is 1.88 bits per heavy atom. The highest BCUT2D eigenvalue weighted by Crippen LogP contribution is 1.99. The predicted molar refractivity (Wildman–Crippen MR) is 62.5 cm³/mol. The zero-order valence-electron chi connectivity index (χ0n) is 10.7. The summed E-state index contributed by atoms with van der Waals surface area (Å²) in [5.41, 5.74) is 0. The van der Waals surface area contributed by atoms with Gasteiger partial charge in [-0.15, -0.1) is 0 Å². The van der Waals surface area contributed by atoms with E-state index in [0.29, 0.717) is 13.2 Å². The normalized spacial score (nSPS) is 17.4. The van der Waals surface area contributed by atoms with Crippen LogP contribution in [-0.4, -0.2) is 73.9 Å². The van der Waals surface area contributed by atoms with Crippen LogP contribution in [0.4, 0.5) is 0 Å². The number of aliphatic hydroxyl groups excluding tert-OH is 2. The molecule has 0 rings (SSSR count). The van der Waals surface area contributed by atoms with Crippen molar-refractivity contribution in [3.05, 3.63) is 0 Å². The maximum atomic E-state index is 9.69. The molecule has 16 heavy (non-hydrogen) atoms. The van der Waals surface area contributed by atoms with E-state index < -0.39 is 6.10 Å². The van der Waals surface area contributed by atoms with Gasteiger partial charge in [0.1, 0.15) is 0 Å².